The van der Waals surface area contributed by atoms with Crippen LogP contribution in [0, 0.1) is 12.3 Å². The fourth-order valence-electron chi connectivity index (χ4n) is 3.36. The largest absolute Gasteiger partial charge is 0.496 e. The van der Waals surface area contributed by atoms with Crippen LogP contribution >= 0.6 is 0 Å². The van der Waals surface area contributed by atoms with Gasteiger partial charge in [0.15, 0.2) is 5.78 Å². The van der Waals surface area contributed by atoms with Crippen LogP contribution in [0.2, 0.25) is 0 Å². The van der Waals surface area contributed by atoms with Crippen LogP contribution in [0.3, 0.4) is 0 Å². The Morgan fingerprint density at radius 2 is 1.90 bits per heavy atom. The Labute approximate surface area is 125 Å². The van der Waals surface area contributed by atoms with Crippen LogP contribution in [0.15, 0.2) is 18.2 Å². The van der Waals surface area contributed by atoms with Crippen molar-refractivity contribution in [1.29, 1.82) is 0 Å². The normalized spacial score (nSPS) is 16.7. The number of hydrogen-bond donors (Lipinski definition) is 1. The highest BCUT2D eigenvalue weighted by molar-refractivity contribution is 5.97. The van der Waals surface area contributed by atoms with Crippen molar-refractivity contribution in [2.75, 3.05) is 7.11 Å². The van der Waals surface area contributed by atoms with Crippen LogP contribution in [-0.2, 0) is 4.79 Å². The number of carbonyl (C=O) groups is 2. The molecule has 21 heavy (non-hydrogen) atoms. The molecule has 0 bridgehead atoms. The zero-order valence-corrected chi connectivity index (χ0v) is 12.6. The Bertz CT molecular complexity index is 542. The summed E-state index contributed by atoms with van der Waals surface area (Å²) in [7, 11) is 1.60. The molecule has 0 amide bonds. The summed E-state index contributed by atoms with van der Waals surface area (Å²) in [4.78, 5) is 23.6. The molecule has 0 aliphatic heterocycles. The maximum absolute atomic E-state index is 12.5. The number of methoxy groups -OCH3 is 1. The summed E-state index contributed by atoms with van der Waals surface area (Å²) in [5, 5.41) is 9.11. The van der Waals surface area contributed by atoms with Gasteiger partial charge in [0.1, 0.15) is 5.75 Å². The van der Waals surface area contributed by atoms with E-state index in [4.69, 9.17) is 9.84 Å². The number of Topliss-reactive ketones (excluding diaryl/α,β-unsaturated/α-hetero) is 1. The molecule has 0 unspecified atom stereocenters. The fourth-order valence-corrected chi connectivity index (χ4v) is 3.36. The Balaban J connectivity index is 2.15. The van der Waals surface area contributed by atoms with Crippen LogP contribution in [0.5, 0.6) is 5.75 Å². The molecule has 2 rings (SSSR count). The molecule has 1 N–H and O–H groups in total. The van der Waals surface area contributed by atoms with Gasteiger partial charge in [0, 0.05) is 12.0 Å². The van der Waals surface area contributed by atoms with Gasteiger partial charge in [0.2, 0.25) is 0 Å². The maximum atomic E-state index is 12.5. The van der Waals surface area contributed by atoms with Crippen molar-refractivity contribution in [2.24, 2.45) is 5.41 Å². The number of carboxylic acid groups (broad SMARTS) is 1. The average molecular weight is 290 g/mol. The molecule has 4 nitrogen and oxygen atoms in total. The summed E-state index contributed by atoms with van der Waals surface area (Å²) in [5.41, 5.74) is 1.21. The zero-order chi connectivity index (χ0) is 15.5. The van der Waals surface area contributed by atoms with E-state index in [-0.39, 0.29) is 17.6 Å². The number of carboxylic acids is 1. The van der Waals surface area contributed by atoms with Gasteiger partial charge in [-0.2, -0.15) is 0 Å². The number of aliphatic carboxylic acids is 1. The lowest BCUT2D eigenvalue weighted by atomic mass is 9.77. The van der Waals surface area contributed by atoms with E-state index in [1.807, 2.05) is 13.0 Å². The van der Waals surface area contributed by atoms with Crippen molar-refractivity contribution in [3.8, 4) is 5.75 Å². The highest BCUT2D eigenvalue weighted by Crippen LogP contribution is 2.44. The molecule has 0 radical (unpaired) electrons. The number of carbonyl (C=O) groups excluding carboxylic acids is 1. The second-order valence-electron chi connectivity index (χ2n) is 6.06. The number of ether oxygens (including phenoxy) is 1. The Morgan fingerprint density at radius 3 is 2.43 bits per heavy atom. The molecule has 0 atom stereocenters. The highest BCUT2D eigenvalue weighted by Gasteiger charge is 2.38. The molecule has 1 aliphatic carbocycles. The number of aryl methyl sites for hydroxylation is 1. The smallest absolute Gasteiger partial charge is 0.303 e. The molecular formula is C17H22O4. The second-order valence-corrected chi connectivity index (χ2v) is 6.06. The van der Waals surface area contributed by atoms with Gasteiger partial charge < -0.3 is 9.84 Å². The Hall–Kier alpha value is -1.84. The predicted molar refractivity (Wildman–Crippen MR) is 79.8 cm³/mol. The fraction of sp³-hybridized carbons (Fsp3) is 0.529. The summed E-state index contributed by atoms with van der Waals surface area (Å²) in [6.07, 6.45) is 4.11. The third-order valence-corrected chi connectivity index (χ3v) is 4.44. The molecule has 0 aromatic heterocycles. The first kappa shape index (κ1) is 15.5. The van der Waals surface area contributed by atoms with Gasteiger partial charge in [-0.15, -0.1) is 0 Å². The van der Waals surface area contributed by atoms with Crippen molar-refractivity contribution in [1.82, 2.24) is 0 Å². The molecule has 114 valence electrons. The number of hydrogen-bond acceptors (Lipinski definition) is 3. The van der Waals surface area contributed by atoms with E-state index >= 15 is 0 Å². The summed E-state index contributed by atoms with van der Waals surface area (Å²) >= 11 is 0. The van der Waals surface area contributed by atoms with Crippen molar-refractivity contribution in [3.05, 3.63) is 29.3 Å². The van der Waals surface area contributed by atoms with E-state index < -0.39 is 5.97 Å². The lowest BCUT2D eigenvalue weighted by molar-refractivity contribution is -0.139. The third kappa shape index (κ3) is 3.63. The molecule has 0 spiro atoms. The minimum atomic E-state index is -0.810. The highest BCUT2D eigenvalue weighted by atomic mass is 16.5. The van der Waals surface area contributed by atoms with Crippen LogP contribution in [0.1, 0.15) is 54.4 Å². The van der Waals surface area contributed by atoms with E-state index in [0.717, 1.165) is 37.0 Å². The van der Waals surface area contributed by atoms with E-state index in [2.05, 4.69) is 0 Å². The van der Waals surface area contributed by atoms with E-state index in [1.165, 1.54) is 0 Å². The van der Waals surface area contributed by atoms with Gasteiger partial charge >= 0.3 is 5.97 Å². The average Bonchev–Trinajstić information content (AvgIpc) is 2.85. The summed E-state index contributed by atoms with van der Waals surface area (Å²) in [6.45, 7) is 1.90. The minimum absolute atomic E-state index is 0.0314. The first-order valence-corrected chi connectivity index (χ1v) is 7.35. The molecule has 4 heteroatoms. The standard InChI is InChI=1S/C17H22O4/c1-12-9-13(5-6-15(12)21-2)14(18)10-17(11-16(19)20)7-3-4-8-17/h5-6,9H,3-4,7-8,10-11H2,1-2H3,(H,19,20). The van der Waals surface area contributed by atoms with Crippen LogP contribution in [0.4, 0.5) is 0 Å². The van der Waals surface area contributed by atoms with Gasteiger partial charge in [-0.25, -0.2) is 0 Å². The number of rotatable bonds is 6. The van der Waals surface area contributed by atoms with Crippen molar-refractivity contribution < 1.29 is 19.4 Å². The zero-order valence-electron chi connectivity index (χ0n) is 12.6. The van der Waals surface area contributed by atoms with Gasteiger partial charge in [0.25, 0.3) is 0 Å². The SMILES string of the molecule is COc1ccc(C(=O)CC2(CC(=O)O)CCCC2)cc1C. The quantitative estimate of drug-likeness (QED) is 0.813. The van der Waals surface area contributed by atoms with E-state index in [9.17, 15) is 9.59 Å². The molecule has 0 heterocycles. The molecule has 1 aliphatic rings. The second kappa shape index (κ2) is 6.29. The number of ketones is 1. The van der Waals surface area contributed by atoms with Gasteiger partial charge in [-0.05, 0) is 48.9 Å². The van der Waals surface area contributed by atoms with E-state index in [0.29, 0.717) is 12.0 Å². The topological polar surface area (TPSA) is 63.6 Å². The molecule has 1 aromatic carbocycles. The monoisotopic (exact) mass is 290 g/mol. The van der Waals surface area contributed by atoms with Crippen molar-refractivity contribution >= 4 is 11.8 Å². The summed E-state index contributed by atoms with van der Waals surface area (Å²) < 4.78 is 5.20. The Kier molecular flexibility index (Phi) is 4.66. The molecule has 0 saturated heterocycles. The van der Waals surface area contributed by atoms with Gasteiger partial charge in [-0.3, -0.25) is 9.59 Å². The van der Waals surface area contributed by atoms with Crippen molar-refractivity contribution in [2.45, 2.75) is 45.4 Å². The van der Waals surface area contributed by atoms with Gasteiger partial charge in [-0.1, -0.05) is 12.8 Å². The van der Waals surface area contributed by atoms with Crippen LogP contribution in [0.25, 0.3) is 0 Å². The molecule has 1 aromatic rings. The molecule has 1 saturated carbocycles. The lowest BCUT2D eigenvalue weighted by Gasteiger charge is -2.26. The first-order chi connectivity index (χ1) is 9.96. The van der Waals surface area contributed by atoms with Crippen LogP contribution in [-0.4, -0.2) is 24.0 Å². The lowest BCUT2D eigenvalue weighted by Crippen LogP contribution is -2.24. The predicted octanol–water partition coefficient (Wildman–Crippen LogP) is 3.61. The first-order valence-electron chi connectivity index (χ1n) is 7.35. The van der Waals surface area contributed by atoms with Gasteiger partial charge in [0.05, 0.1) is 13.5 Å². The Morgan fingerprint density at radius 1 is 1.24 bits per heavy atom. The summed E-state index contributed by atoms with van der Waals surface area (Å²) in [6, 6.07) is 5.38. The molecular weight excluding hydrogens is 268 g/mol. The maximum Gasteiger partial charge on any atom is 0.303 e. The molecule has 1 fully saturated rings. The minimum Gasteiger partial charge on any atom is -0.496 e. The third-order valence-electron chi connectivity index (χ3n) is 4.44. The number of benzene rings is 1. The van der Waals surface area contributed by atoms with Crippen molar-refractivity contribution in [3.63, 3.8) is 0 Å². The van der Waals surface area contributed by atoms with Crippen LogP contribution < -0.4 is 4.74 Å². The summed E-state index contributed by atoms with van der Waals surface area (Å²) in [5.74, 6) is -0.0211. The van der Waals surface area contributed by atoms with E-state index in [1.54, 1.807) is 19.2 Å².